The number of methoxy groups -OCH3 is 3. The van der Waals surface area contributed by atoms with E-state index in [9.17, 15) is 20.1 Å². The highest BCUT2D eigenvalue weighted by atomic mass is 16.6. The zero-order chi connectivity index (χ0) is 24.9. The maximum Gasteiger partial charge on any atom is 0.209 e. The zero-order valence-electron chi connectivity index (χ0n) is 19.0. The van der Waals surface area contributed by atoms with Gasteiger partial charge >= 0.3 is 0 Å². The number of aliphatic hydroxyl groups is 1. The number of benzene rings is 3. The van der Waals surface area contributed by atoms with Crippen LogP contribution in [0.5, 0.6) is 40.2 Å². The van der Waals surface area contributed by atoms with Crippen LogP contribution in [-0.2, 0) is 0 Å². The van der Waals surface area contributed by atoms with Crippen molar-refractivity contribution in [3.05, 3.63) is 52.2 Å². The van der Waals surface area contributed by atoms with Crippen LogP contribution in [-0.4, -0.2) is 49.4 Å². The summed E-state index contributed by atoms with van der Waals surface area (Å²) in [5, 5.41) is 30.8. The summed E-state index contributed by atoms with van der Waals surface area (Å²) >= 11 is 0. The molecule has 3 aromatic carbocycles. The van der Waals surface area contributed by atoms with Crippen LogP contribution in [0.25, 0.3) is 21.9 Å². The van der Waals surface area contributed by atoms with E-state index in [1.165, 1.54) is 45.6 Å². The van der Waals surface area contributed by atoms with Gasteiger partial charge in [-0.25, -0.2) is 0 Å². The Bertz CT molecular complexity index is 1510. The van der Waals surface area contributed by atoms with Gasteiger partial charge in [0.25, 0.3) is 0 Å². The quantitative estimate of drug-likeness (QED) is 0.364. The number of rotatable bonds is 5. The van der Waals surface area contributed by atoms with Crippen LogP contribution < -0.4 is 29.1 Å². The van der Waals surface area contributed by atoms with Crippen LogP contribution >= 0.6 is 0 Å². The Morgan fingerprint density at radius 2 is 1.63 bits per heavy atom. The molecular weight excluding hydrogens is 460 g/mol. The number of phenols is 2. The molecule has 0 saturated heterocycles. The van der Waals surface area contributed by atoms with Crippen LogP contribution in [0, 0.1) is 0 Å². The van der Waals surface area contributed by atoms with Gasteiger partial charge in [-0.2, -0.15) is 0 Å². The van der Waals surface area contributed by atoms with Gasteiger partial charge in [-0.1, -0.05) is 6.07 Å². The molecule has 0 bridgehead atoms. The van der Waals surface area contributed by atoms with E-state index < -0.39 is 24.2 Å². The molecule has 35 heavy (non-hydrogen) atoms. The fraction of sp³-hybridized carbons (Fsp3) is 0.240. The molecule has 0 amide bonds. The number of fused-ring (bicyclic) bond motifs is 4. The SMILES string of the molecule is COc1cc(OC)c(C2Oc3c(OC)cc4c(=O)c5c(O)cccc5oc4c3OC2CO)cc1O. The van der Waals surface area contributed by atoms with Gasteiger partial charge in [-0.3, -0.25) is 4.79 Å². The molecular formula is C25H22O10. The molecule has 1 aromatic heterocycles. The summed E-state index contributed by atoms with van der Waals surface area (Å²) < 4.78 is 34.4. The van der Waals surface area contributed by atoms with Gasteiger partial charge in [0.1, 0.15) is 22.5 Å². The maximum absolute atomic E-state index is 13.2. The highest BCUT2D eigenvalue weighted by Crippen LogP contribution is 2.51. The van der Waals surface area contributed by atoms with Gasteiger partial charge in [-0.15, -0.1) is 0 Å². The number of hydrogen-bond acceptors (Lipinski definition) is 10. The standard InChI is InChI=1S/C25H22O10/c1-30-16-9-17(31-2)14(28)7-11(16)22-19(10-26)34-25-23-12(8-18(32-3)24(25)35-22)21(29)20-13(27)5-4-6-15(20)33-23/h4-9,19,22,26-28H,10H2,1-3H3. The monoisotopic (exact) mass is 482 g/mol. The van der Waals surface area contributed by atoms with Crippen molar-refractivity contribution in [1.82, 2.24) is 0 Å². The third-order valence-corrected chi connectivity index (χ3v) is 5.93. The Labute approximate surface area is 198 Å². The maximum atomic E-state index is 13.2. The smallest absolute Gasteiger partial charge is 0.209 e. The minimum Gasteiger partial charge on any atom is -0.507 e. The predicted molar refractivity (Wildman–Crippen MR) is 124 cm³/mol. The van der Waals surface area contributed by atoms with Gasteiger partial charge < -0.3 is 43.4 Å². The molecule has 4 aromatic rings. The number of aromatic hydroxyl groups is 2. The third kappa shape index (κ3) is 3.41. The molecule has 0 saturated carbocycles. The van der Waals surface area contributed by atoms with E-state index in [-0.39, 0.29) is 56.4 Å². The van der Waals surface area contributed by atoms with Crippen LogP contribution in [0.1, 0.15) is 11.7 Å². The van der Waals surface area contributed by atoms with Crippen molar-refractivity contribution in [2.45, 2.75) is 12.2 Å². The molecule has 10 heteroatoms. The Morgan fingerprint density at radius 3 is 2.31 bits per heavy atom. The molecule has 10 nitrogen and oxygen atoms in total. The van der Waals surface area contributed by atoms with E-state index in [0.717, 1.165) is 0 Å². The van der Waals surface area contributed by atoms with Crippen molar-refractivity contribution >= 4 is 21.9 Å². The summed E-state index contributed by atoms with van der Waals surface area (Å²) in [6.07, 6.45) is -1.90. The molecule has 2 atom stereocenters. The summed E-state index contributed by atoms with van der Waals surface area (Å²) in [6.45, 7) is -0.475. The van der Waals surface area contributed by atoms with Crippen LogP contribution in [0.4, 0.5) is 0 Å². The van der Waals surface area contributed by atoms with Gasteiger partial charge in [0.15, 0.2) is 35.0 Å². The molecule has 3 N–H and O–H groups in total. The largest absolute Gasteiger partial charge is 0.507 e. The summed E-state index contributed by atoms with van der Waals surface area (Å²) in [6, 6.07) is 8.83. The zero-order valence-corrected chi connectivity index (χ0v) is 19.0. The number of hydrogen-bond donors (Lipinski definition) is 3. The van der Waals surface area contributed by atoms with Crippen molar-refractivity contribution in [2.75, 3.05) is 27.9 Å². The minimum atomic E-state index is -0.968. The molecule has 182 valence electrons. The molecule has 0 spiro atoms. The lowest BCUT2D eigenvalue weighted by molar-refractivity contribution is -0.0143. The Morgan fingerprint density at radius 1 is 0.886 bits per heavy atom. The fourth-order valence-corrected chi connectivity index (χ4v) is 4.26. The van der Waals surface area contributed by atoms with Gasteiger partial charge in [-0.05, 0) is 24.3 Å². The van der Waals surface area contributed by atoms with Crippen molar-refractivity contribution in [1.29, 1.82) is 0 Å². The lowest BCUT2D eigenvalue weighted by Gasteiger charge is -2.34. The van der Waals surface area contributed by atoms with Crippen LogP contribution in [0.2, 0.25) is 0 Å². The second-order valence-electron chi connectivity index (χ2n) is 7.84. The molecule has 2 heterocycles. The van der Waals surface area contributed by atoms with Gasteiger partial charge in [0.05, 0.1) is 33.3 Å². The summed E-state index contributed by atoms with van der Waals surface area (Å²) in [7, 11) is 4.26. The van der Waals surface area contributed by atoms with Crippen molar-refractivity contribution in [3.63, 3.8) is 0 Å². The Balaban J connectivity index is 1.74. The molecule has 0 fully saturated rings. The van der Waals surface area contributed by atoms with Gasteiger partial charge in [0, 0.05) is 11.6 Å². The normalized spacial score (nSPS) is 16.9. The highest BCUT2D eigenvalue weighted by Gasteiger charge is 2.39. The van der Waals surface area contributed by atoms with Crippen LogP contribution in [0.15, 0.2) is 45.6 Å². The Hall–Kier alpha value is -4.31. The van der Waals surface area contributed by atoms with Gasteiger partial charge in [0.2, 0.25) is 16.9 Å². The first-order valence-electron chi connectivity index (χ1n) is 10.6. The average Bonchev–Trinajstić information content (AvgIpc) is 2.87. The molecule has 1 aliphatic heterocycles. The Kier molecular flexibility index (Phi) is 5.45. The van der Waals surface area contributed by atoms with E-state index in [1.54, 1.807) is 12.1 Å². The number of ether oxygens (including phenoxy) is 5. The van der Waals surface area contributed by atoms with E-state index in [0.29, 0.717) is 11.3 Å². The second-order valence-corrected chi connectivity index (χ2v) is 7.84. The van der Waals surface area contributed by atoms with E-state index in [2.05, 4.69) is 0 Å². The van der Waals surface area contributed by atoms with Crippen molar-refractivity contribution in [2.24, 2.45) is 0 Å². The van der Waals surface area contributed by atoms with Crippen molar-refractivity contribution < 1.29 is 43.4 Å². The third-order valence-electron chi connectivity index (χ3n) is 5.93. The van der Waals surface area contributed by atoms with E-state index >= 15 is 0 Å². The summed E-state index contributed by atoms with van der Waals surface area (Å²) in [5.41, 5.74) is 0.143. The molecule has 0 aliphatic carbocycles. The lowest BCUT2D eigenvalue weighted by Crippen LogP contribution is -2.36. The average molecular weight is 482 g/mol. The molecule has 5 rings (SSSR count). The lowest BCUT2D eigenvalue weighted by atomic mass is 10.0. The minimum absolute atomic E-state index is 0.0220. The first kappa shape index (κ1) is 22.5. The molecule has 2 unspecified atom stereocenters. The highest BCUT2D eigenvalue weighted by molar-refractivity contribution is 5.97. The summed E-state index contributed by atoms with van der Waals surface area (Å²) in [4.78, 5) is 13.2. The second kappa shape index (κ2) is 8.48. The van der Waals surface area contributed by atoms with E-state index in [4.69, 9.17) is 28.1 Å². The number of aliphatic hydroxyl groups excluding tert-OH is 1. The van der Waals surface area contributed by atoms with Crippen molar-refractivity contribution in [3.8, 4) is 40.2 Å². The predicted octanol–water partition coefficient (Wildman–Crippen LogP) is 3.26. The first-order valence-corrected chi connectivity index (χ1v) is 10.6. The summed E-state index contributed by atoms with van der Waals surface area (Å²) in [5.74, 6) is 0.534. The number of phenolic OH excluding ortho intramolecular Hbond substituents is 2. The topological polar surface area (TPSA) is 137 Å². The molecule has 0 radical (unpaired) electrons. The van der Waals surface area contributed by atoms with E-state index in [1.807, 2.05) is 0 Å². The first-order chi connectivity index (χ1) is 16.9. The fourth-order valence-electron chi connectivity index (χ4n) is 4.26. The molecule has 1 aliphatic rings. The van der Waals surface area contributed by atoms with Crippen LogP contribution in [0.3, 0.4) is 0 Å².